The molecular weight excluding hydrogens is 246 g/mol. The van der Waals surface area contributed by atoms with E-state index in [9.17, 15) is 0 Å². The molecule has 1 aliphatic rings. The molecule has 0 unspecified atom stereocenters. The zero-order valence-corrected chi connectivity index (χ0v) is 9.29. The number of ether oxygens (including phenoxy) is 2. The van der Waals surface area contributed by atoms with Crippen molar-refractivity contribution < 1.29 is 9.47 Å². The smallest absolute Gasteiger partial charge is 0.185 e. The standard InChI is InChI=1S/C10H12BrNO2/c11-9-2-1-7(6-12)5-8(9)10-13-3-4-14-10/h1-2,5,10H,3-4,6,12H2. The molecule has 0 spiro atoms. The molecule has 0 amide bonds. The highest BCUT2D eigenvalue weighted by molar-refractivity contribution is 9.10. The third-order valence-corrected chi connectivity index (χ3v) is 2.89. The predicted molar refractivity (Wildman–Crippen MR) is 56.7 cm³/mol. The van der Waals surface area contributed by atoms with Crippen molar-refractivity contribution in [3.05, 3.63) is 33.8 Å². The molecule has 0 atom stereocenters. The number of benzene rings is 1. The van der Waals surface area contributed by atoms with Crippen molar-refractivity contribution in [1.82, 2.24) is 0 Å². The molecule has 1 fully saturated rings. The van der Waals surface area contributed by atoms with Gasteiger partial charge in [0, 0.05) is 16.6 Å². The minimum Gasteiger partial charge on any atom is -0.346 e. The van der Waals surface area contributed by atoms with Crippen molar-refractivity contribution in [3.8, 4) is 0 Å². The van der Waals surface area contributed by atoms with Crippen LogP contribution in [0.3, 0.4) is 0 Å². The molecule has 0 aromatic heterocycles. The van der Waals surface area contributed by atoms with Crippen LogP contribution in [0.2, 0.25) is 0 Å². The first-order valence-corrected chi connectivity index (χ1v) is 5.32. The van der Waals surface area contributed by atoms with Gasteiger partial charge in [-0.05, 0) is 17.7 Å². The molecule has 0 radical (unpaired) electrons. The summed E-state index contributed by atoms with van der Waals surface area (Å²) in [6, 6.07) is 5.98. The maximum atomic E-state index is 5.57. The second-order valence-corrected chi connectivity index (χ2v) is 3.99. The molecule has 1 aromatic rings. The molecule has 0 saturated carbocycles. The zero-order valence-electron chi connectivity index (χ0n) is 7.70. The van der Waals surface area contributed by atoms with E-state index in [1.54, 1.807) is 0 Å². The van der Waals surface area contributed by atoms with Gasteiger partial charge in [-0.3, -0.25) is 0 Å². The fraction of sp³-hybridized carbons (Fsp3) is 0.400. The summed E-state index contributed by atoms with van der Waals surface area (Å²) in [5, 5.41) is 0. The van der Waals surface area contributed by atoms with Crippen molar-refractivity contribution in [2.45, 2.75) is 12.8 Å². The Bertz CT molecular complexity index is 324. The average Bonchev–Trinajstić information content (AvgIpc) is 2.71. The summed E-state index contributed by atoms with van der Waals surface area (Å²) in [5.41, 5.74) is 7.67. The van der Waals surface area contributed by atoms with Crippen LogP contribution >= 0.6 is 15.9 Å². The highest BCUT2D eigenvalue weighted by Crippen LogP contribution is 2.30. The van der Waals surface area contributed by atoms with Gasteiger partial charge in [-0.15, -0.1) is 0 Å². The van der Waals surface area contributed by atoms with Gasteiger partial charge in [-0.2, -0.15) is 0 Å². The Morgan fingerprint density at radius 2 is 2.07 bits per heavy atom. The molecule has 0 aliphatic carbocycles. The van der Waals surface area contributed by atoms with Crippen LogP contribution in [0.25, 0.3) is 0 Å². The van der Waals surface area contributed by atoms with Crippen LogP contribution in [0.15, 0.2) is 22.7 Å². The summed E-state index contributed by atoms with van der Waals surface area (Å²) in [4.78, 5) is 0. The second kappa shape index (κ2) is 4.40. The first-order chi connectivity index (χ1) is 6.81. The lowest BCUT2D eigenvalue weighted by atomic mass is 10.1. The Kier molecular flexibility index (Phi) is 3.18. The van der Waals surface area contributed by atoms with Crippen molar-refractivity contribution in [1.29, 1.82) is 0 Å². The lowest BCUT2D eigenvalue weighted by Gasteiger charge is -2.12. The molecule has 0 bridgehead atoms. The monoisotopic (exact) mass is 257 g/mol. The summed E-state index contributed by atoms with van der Waals surface area (Å²) in [5.74, 6) is 0. The van der Waals surface area contributed by atoms with E-state index in [0.717, 1.165) is 15.6 Å². The lowest BCUT2D eigenvalue weighted by Crippen LogP contribution is -2.02. The van der Waals surface area contributed by atoms with Crippen molar-refractivity contribution in [2.75, 3.05) is 13.2 Å². The molecule has 1 aliphatic heterocycles. The quantitative estimate of drug-likeness (QED) is 0.881. The molecule has 1 aromatic carbocycles. The van der Waals surface area contributed by atoms with Crippen LogP contribution in [-0.4, -0.2) is 13.2 Å². The summed E-state index contributed by atoms with van der Waals surface area (Å²) in [6.45, 7) is 1.85. The minimum atomic E-state index is -0.240. The molecule has 2 N–H and O–H groups in total. The molecule has 14 heavy (non-hydrogen) atoms. The first kappa shape index (κ1) is 10.1. The fourth-order valence-corrected chi connectivity index (χ4v) is 1.87. The van der Waals surface area contributed by atoms with Gasteiger partial charge < -0.3 is 15.2 Å². The van der Waals surface area contributed by atoms with E-state index in [4.69, 9.17) is 15.2 Å². The van der Waals surface area contributed by atoms with E-state index < -0.39 is 0 Å². The predicted octanol–water partition coefficient (Wildman–Crippen LogP) is 1.95. The van der Waals surface area contributed by atoms with Gasteiger partial charge in [0.1, 0.15) is 0 Å². The van der Waals surface area contributed by atoms with Crippen LogP contribution in [0, 0.1) is 0 Å². The van der Waals surface area contributed by atoms with E-state index in [2.05, 4.69) is 15.9 Å². The largest absolute Gasteiger partial charge is 0.346 e. The highest BCUT2D eigenvalue weighted by atomic mass is 79.9. The van der Waals surface area contributed by atoms with Crippen molar-refractivity contribution in [2.24, 2.45) is 5.73 Å². The number of halogens is 1. The van der Waals surface area contributed by atoms with E-state index in [-0.39, 0.29) is 6.29 Å². The molecular formula is C10H12BrNO2. The maximum absolute atomic E-state index is 5.57. The van der Waals surface area contributed by atoms with Gasteiger partial charge in [0.15, 0.2) is 6.29 Å². The zero-order chi connectivity index (χ0) is 9.97. The van der Waals surface area contributed by atoms with Crippen LogP contribution < -0.4 is 5.73 Å². The summed E-state index contributed by atoms with van der Waals surface area (Å²) >= 11 is 3.47. The number of hydrogen-bond donors (Lipinski definition) is 1. The van der Waals surface area contributed by atoms with Crippen LogP contribution in [0.5, 0.6) is 0 Å². The Morgan fingerprint density at radius 3 is 2.71 bits per heavy atom. The Morgan fingerprint density at radius 1 is 1.36 bits per heavy atom. The molecule has 2 rings (SSSR count). The van der Waals surface area contributed by atoms with Crippen LogP contribution in [0.1, 0.15) is 17.4 Å². The normalized spacial score (nSPS) is 17.6. The minimum absolute atomic E-state index is 0.240. The van der Waals surface area contributed by atoms with Gasteiger partial charge in [0.2, 0.25) is 0 Å². The maximum Gasteiger partial charge on any atom is 0.185 e. The summed E-state index contributed by atoms with van der Waals surface area (Å²) in [7, 11) is 0. The van der Waals surface area contributed by atoms with E-state index in [1.165, 1.54) is 0 Å². The molecule has 76 valence electrons. The molecule has 1 saturated heterocycles. The molecule has 1 heterocycles. The van der Waals surface area contributed by atoms with Gasteiger partial charge in [-0.25, -0.2) is 0 Å². The van der Waals surface area contributed by atoms with Gasteiger partial charge >= 0.3 is 0 Å². The number of hydrogen-bond acceptors (Lipinski definition) is 3. The number of nitrogens with two attached hydrogens (primary N) is 1. The fourth-order valence-electron chi connectivity index (χ4n) is 1.44. The number of rotatable bonds is 2. The topological polar surface area (TPSA) is 44.5 Å². The molecule has 4 heteroatoms. The van der Waals surface area contributed by atoms with Crippen molar-refractivity contribution >= 4 is 15.9 Å². The highest BCUT2D eigenvalue weighted by Gasteiger charge is 2.20. The van der Waals surface area contributed by atoms with Gasteiger partial charge in [0.25, 0.3) is 0 Å². The Labute approximate surface area is 91.3 Å². The van der Waals surface area contributed by atoms with E-state index in [0.29, 0.717) is 19.8 Å². The Hall–Kier alpha value is -0.420. The SMILES string of the molecule is NCc1ccc(Br)c(C2OCCO2)c1. The van der Waals surface area contributed by atoms with Gasteiger partial charge in [-0.1, -0.05) is 22.0 Å². The van der Waals surface area contributed by atoms with Crippen LogP contribution in [-0.2, 0) is 16.0 Å². The van der Waals surface area contributed by atoms with Crippen molar-refractivity contribution in [3.63, 3.8) is 0 Å². The first-order valence-electron chi connectivity index (χ1n) is 4.53. The summed E-state index contributed by atoms with van der Waals surface area (Å²) < 4.78 is 11.9. The van der Waals surface area contributed by atoms with Crippen LogP contribution in [0.4, 0.5) is 0 Å². The van der Waals surface area contributed by atoms with E-state index >= 15 is 0 Å². The van der Waals surface area contributed by atoms with E-state index in [1.807, 2.05) is 18.2 Å². The Balaban J connectivity index is 2.29. The van der Waals surface area contributed by atoms with Gasteiger partial charge in [0.05, 0.1) is 13.2 Å². The molecule has 3 nitrogen and oxygen atoms in total. The summed E-state index contributed by atoms with van der Waals surface area (Å²) in [6.07, 6.45) is -0.240. The average molecular weight is 258 g/mol. The lowest BCUT2D eigenvalue weighted by molar-refractivity contribution is -0.0446. The second-order valence-electron chi connectivity index (χ2n) is 3.13. The third kappa shape index (κ3) is 1.98. The third-order valence-electron chi connectivity index (χ3n) is 2.17.